The topological polar surface area (TPSA) is 96.2 Å². The lowest BCUT2D eigenvalue weighted by atomic mass is 10.3. The molecule has 0 fully saturated rings. The lowest BCUT2D eigenvalue weighted by molar-refractivity contribution is 0.0955. The number of nitrogens with zero attached hydrogens (tertiary/aromatic N) is 4. The van der Waals surface area contributed by atoms with Crippen LogP contribution < -0.4 is 16.0 Å². The fraction of sp³-hybridized carbons (Fsp3) is 0.100. The van der Waals surface area contributed by atoms with Gasteiger partial charge in [-0.25, -0.2) is 4.98 Å². The SMILES string of the molecule is O=C(NCCNc1ccc(Nc2ccccn2)nn1)c1cc2ccccn2c1. The maximum atomic E-state index is 12.2. The number of rotatable bonds is 7. The maximum absolute atomic E-state index is 12.2. The predicted octanol–water partition coefficient (Wildman–Crippen LogP) is 2.71. The monoisotopic (exact) mass is 373 g/mol. The fourth-order valence-electron chi connectivity index (χ4n) is 2.71. The average Bonchev–Trinajstić information content (AvgIpc) is 3.17. The molecule has 0 bridgehead atoms. The molecule has 0 aliphatic carbocycles. The fourth-order valence-corrected chi connectivity index (χ4v) is 2.71. The van der Waals surface area contributed by atoms with Crippen molar-refractivity contribution in [2.24, 2.45) is 0 Å². The summed E-state index contributed by atoms with van der Waals surface area (Å²) in [5.41, 5.74) is 1.62. The van der Waals surface area contributed by atoms with Gasteiger partial charge in [0.2, 0.25) is 0 Å². The molecule has 0 spiro atoms. The summed E-state index contributed by atoms with van der Waals surface area (Å²) in [5.74, 6) is 1.85. The molecule has 8 nitrogen and oxygen atoms in total. The van der Waals surface area contributed by atoms with E-state index < -0.39 is 0 Å². The van der Waals surface area contributed by atoms with E-state index in [0.717, 1.165) is 5.52 Å². The van der Waals surface area contributed by atoms with Crippen LogP contribution in [0.5, 0.6) is 0 Å². The van der Waals surface area contributed by atoms with Crippen molar-refractivity contribution in [1.29, 1.82) is 0 Å². The van der Waals surface area contributed by atoms with Crippen molar-refractivity contribution in [3.63, 3.8) is 0 Å². The van der Waals surface area contributed by atoms with Gasteiger partial charge in [0, 0.05) is 37.2 Å². The second-order valence-corrected chi connectivity index (χ2v) is 6.09. The number of carbonyl (C=O) groups is 1. The Hall–Kier alpha value is -3.94. The Morgan fingerprint density at radius 3 is 2.57 bits per heavy atom. The first-order chi connectivity index (χ1) is 13.8. The second kappa shape index (κ2) is 8.17. The van der Waals surface area contributed by atoms with Crippen LogP contribution >= 0.6 is 0 Å². The van der Waals surface area contributed by atoms with Gasteiger partial charge >= 0.3 is 0 Å². The lowest BCUT2D eigenvalue weighted by Gasteiger charge is -2.07. The quantitative estimate of drug-likeness (QED) is 0.431. The summed E-state index contributed by atoms with van der Waals surface area (Å²) in [7, 11) is 0. The van der Waals surface area contributed by atoms with E-state index in [1.807, 2.05) is 71.4 Å². The summed E-state index contributed by atoms with van der Waals surface area (Å²) in [5, 5.41) is 17.3. The molecule has 4 aromatic heterocycles. The second-order valence-electron chi connectivity index (χ2n) is 6.09. The summed E-state index contributed by atoms with van der Waals surface area (Å²) < 4.78 is 1.92. The van der Waals surface area contributed by atoms with Crippen LogP contribution in [0.4, 0.5) is 17.5 Å². The molecule has 0 radical (unpaired) electrons. The summed E-state index contributed by atoms with van der Waals surface area (Å²) in [6.07, 6.45) is 5.44. The smallest absolute Gasteiger partial charge is 0.252 e. The number of fused-ring (bicyclic) bond motifs is 1. The van der Waals surface area contributed by atoms with Crippen LogP contribution in [-0.2, 0) is 0 Å². The van der Waals surface area contributed by atoms with Crippen molar-refractivity contribution in [3.8, 4) is 0 Å². The Balaban J connectivity index is 1.24. The lowest BCUT2D eigenvalue weighted by Crippen LogP contribution is -2.28. The maximum Gasteiger partial charge on any atom is 0.252 e. The number of aromatic nitrogens is 4. The first-order valence-corrected chi connectivity index (χ1v) is 8.88. The van der Waals surface area contributed by atoms with Gasteiger partial charge in [0.05, 0.1) is 5.56 Å². The van der Waals surface area contributed by atoms with E-state index in [2.05, 4.69) is 31.1 Å². The molecule has 0 aliphatic heterocycles. The normalized spacial score (nSPS) is 10.6. The van der Waals surface area contributed by atoms with E-state index in [9.17, 15) is 4.79 Å². The molecule has 0 aromatic carbocycles. The van der Waals surface area contributed by atoms with Gasteiger partial charge in [-0.3, -0.25) is 4.79 Å². The highest BCUT2D eigenvalue weighted by atomic mass is 16.1. The number of hydrogen-bond donors (Lipinski definition) is 3. The Morgan fingerprint density at radius 2 is 1.79 bits per heavy atom. The van der Waals surface area contributed by atoms with Crippen LogP contribution in [0.2, 0.25) is 0 Å². The average molecular weight is 373 g/mol. The van der Waals surface area contributed by atoms with Crippen LogP contribution in [0.25, 0.3) is 5.52 Å². The number of nitrogens with one attached hydrogen (secondary N) is 3. The Morgan fingerprint density at radius 1 is 0.929 bits per heavy atom. The van der Waals surface area contributed by atoms with Crippen molar-refractivity contribution >= 4 is 28.9 Å². The highest BCUT2D eigenvalue weighted by molar-refractivity contribution is 5.95. The van der Waals surface area contributed by atoms with Crippen LogP contribution in [0, 0.1) is 0 Å². The molecule has 140 valence electrons. The highest BCUT2D eigenvalue weighted by Crippen LogP contribution is 2.12. The van der Waals surface area contributed by atoms with E-state index in [1.54, 1.807) is 6.20 Å². The minimum atomic E-state index is -0.105. The zero-order valence-electron chi connectivity index (χ0n) is 15.0. The largest absolute Gasteiger partial charge is 0.367 e. The van der Waals surface area contributed by atoms with E-state index in [4.69, 9.17) is 0 Å². The van der Waals surface area contributed by atoms with Gasteiger partial charge in [0.25, 0.3) is 5.91 Å². The van der Waals surface area contributed by atoms with Crippen LogP contribution in [-0.4, -0.2) is 38.6 Å². The van der Waals surface area contributed by atoms with Gasteiger partial charge in [-0.1, -0.05) is 12.1 Å². The highest BCUT2D eigenvalue weighted by Gasteiger charge is 2.07. The molecule has 4 aromatic rings. The first kappa shape index (κ1) is 17.5. The van der Waals surface area contributed by atoms with Crippen molar-refractivity contribution < 1.29 is 4.79 Å². The third-order valence-corrected chi connectivity index (χ3v) is 4.07. The molecular weight excluding hydrogens is 354 g/mol. The summed E-state index contributed by atoms with van der Waals surface area (Å²) in [6.45, 7) is 1.02. The predicted molar refractivity (Wildman–Crippen MR) is 108 cm³/mol. The molecule has 0 atom stereocenters. The number of pyridine rings is 2. The third-order valence-electron chi connectivity index (χ3n) is 4.07. The number of amides is 1. The van der Waals surface area contributed by atoms with Gasteiger partial charge in [-0.05, 0) is 42.5 Å². The van der Waals surface area contributed by atoms with Crippen molar-refractivity contribution in [2.75, 3.05) is 23.7 Å². The Kier molecular flexibility index (Phi) is 5.10. The number of carbonyl (C=O) groups excluding carboxylic acids is 1. The molecular formula is C20H19N7O. The molecule has 0 saturated heterocycles. The van der Waals surface area contributed by atoms with E-state index in [0.29, 0.717) is 36.1 Å². The molecule has 0 aliphatic rings. The zero-order valence-corrected chi connectivity index (χ0v) is 15.0. The minimum Gasteiger partial charge on any atom is -0.367 e. The minimum absolute atomic E-state index is 0.105. The third kappa shape index (κ3) is 4.24. The molecule has 4 rings (SSSR count). The van der Waals surface area contributed by atoms with Crippen molar-refractivity contribution in [2.45, 2.75) is 0 Å². The number of hydrogen-bond acceptors (Lipinski definition) is 6. The summed E-state index contributed by atoms with van der Waals surface area (Å²) in [4.78, 5) is 16.4. The molecule has 28 heavy (non-hydrogen) atoms. The molecule has 0 unspecified atom stereocenters. The van der Waals surface area contributed by atoms with Crippen LogP contribution in [0.1, 0.15) is 10.4 Å². The molecule has 0 saturated carbocycles. The molecule has 1 amide bonds. The Labute approximate surface area is 161 Å². The number of anilines is 3. The Bertz CT molecular complexity index is 1030. The standard InChI is InChI=1S/C20H19N7O/c28-20(15-13-16-5-2-4-12-27(16)14-15)23-11-10-22-18-7-8-19(26-25-18)24-17-6-1-3-9-21-17/h1-9,12-14H,10-11H2,(H,22,25)(H,23,28)(H,21,24,26). The van der Waals surface area contributed by atoms with Gasteiger partial charge in [-0.2, -0.15) is 0 Å². The summed E-state index contributed by atoms with van der Waals surface area (Å²) >= 11 is 0. The van der Waals surface area contributed by atoms with Gasteiger partial charge < -0.3 is 20.4 Å². The van der Waals surface area contributed by atoms with E-state index in [-0.39, 0.29) is 5.91 Å². The van der Waals surface area contributed by atoms with Gasteiger partial charge in [0.15, 0.2) is 5.82 Å². The van der Waals surface area contributed by atoms with E-state index >= 15 is 0 Å². The van der Waals surface area contributed by atoms with Gasteiger partial charge in [0.1, 0.15) is 11.6 Å². The van der Waals surface area contributed by atoms with Crippen LogP contribution in [0.3, 0.4) is 0 Å². The molecule has 8 heteroatoms. The van der Waals surface area contributed by atoms with Gasteiger partial charge in [-0.15, -0.1) is 10.2 Å². The summed E-state index contributed by atoms with van der Waals surface area (Å²) in [6, 6.07) is 16.9. The van der Waals surface area contributed by atoms with Crippen LogP contribution in [0.15, 0.2) is 73.2 Å². The first-order valence-electron chi connectivity index (χ1n) is 8.88. The van der Waals surface area contributed by atoms with Crippen molar-refractivity contribution in [1.82, 2.24) is 24.9 Å². The molecule has 4 heterocycles. The molecule has 3 N–H and O–H groups in total. The van der Waals surface area contributed by atoms with Crippen molar-refractivity contribution in [3.05, 3.63) is 78.8 Å². The van der Waals surface area contributed by atoms with E-state index in [1.165, 1.54) is 0 Å². The zero-order chi connectivity index (χ0) is 19.2.